The summed E-state index contributed by atoms with van der Waals surface area (Å²) in [5, 5.41) is 9.24. The lowest BCUT2D eigenvalue weighted by Gasteiger charge is -2.21. The topological polar surface area (TPSA) is 83.9 Å². The molecule has 1 aliphatic heterocycles. The lowest BCUT2D eigenvalue weighted by atomic mass is 10.2. The van der Waals surface area contributed by atoms with E-state index < -0.39 is 22.0 Å². The molecule has 0 unspecified atom stereocenters. The van der Waals surface area contributed by atoms with E-state index in [1.54, 1.807) is 0 Å². The van der Waals surface area contributed by atoms with Gasteiger partial charge in [-0.25, -0.2) is 8.42 Å². The zero-order valence-corrected chi connectivity index (χ0v) is 12.3. The lowest BCUT2D eigenvalue weighted by Crippen LogP contribution is -2.40. The zero-order valence-electron chi connectivity index (χ0n) is 10.7. The van der Waals surface area contributed by atoms with Crippen LogP contribution in [0.4, 0.5) is 0 Å². The Kier molecular flexibility index (Phi) is 4.22. The minimum Gasteiger partial charge on any atom is -0.495 e. The second-order valence-electron chi connectivity index (χ2n) is 4.41. The van der Waals surface area contributed by atoms with Gasteiger partial charge >= 0.3 is 5.97 Å². The molecule has 1 saturated heterocycles. The summed E-state index contributed by atoms with van der Waals surface area (Å²) in [6, 6.07) is 3.06. The predicted molar refractivity (Wildman–Crippen MR) is 72.6 cm³/mol. The number of hydrogen-bond donors (Lipinski definition) is 1. The largest absolute Gasteiger partial charge is 0.495 e. The zero-order chi connectivity index (χ0) is 14.9. The van der Waals surface area contributed by atoms with Gasteiger partial charge in [0.25, 0.3) is 0 Å². The van der Waals surface area contributed by atoms with E-state index in [0.29, 0.717) is 18.6 Å². The highest BCUT2D eigenvalue weighted by atomic mass is 35.5. The number of carboxylic acid groups (broad SMARTS) is 1. The van der Waals surface area contributed by atoms with Gasteiger partial charge in [0.2, 0.25) is 10.0 Å². The first kappa shape index (κ1) is 15.1. The molecular weight excluding hydrogens is 306 g/mol. The normalized spacial score (nSPS) is 20.0. The number of methoxy groups -OCH3 is 1. The van der Waals surface area contributed by atoms with E-state index >= 15 is 0 Å². The van der Waals surface area contributed by atoms with E-state index in [1.165, 1.54) is 25.3 Å². The van der Waals surface area contributed by atoms with E-state index in [9.17, 15) is 13.2 Å². The van der Waals surface area contributed by atoms with Crippen molar-refractivity contribution in [2.24, 2.45) is 0 Å². The van der Waals surface area contributed by atoms with Crippen molar-refractivity contribution in [1.29, 1.82) is 0 Å². The van der Waals surface area contributed by atoms with Crippen LogP contribution in [0.1, 0.15) is 12.8 Å². The standard InChI is InChI=1S/C12H14ClNO5S/c1-19-11-5-4-8(7-9(11)13)20(17,18)14-6-2-3-10(14)12(15)16/h4-5,7,10H,2-3,6H2,1H3,(H,15,16)/t10-/m1/s1. The molecular formula is C12H14ClNO5S. The van der Waals surface area contributed by atoms with Crippen LogP contribution < -0.4 is 4.74 Å². The average molecular weight is 320 g/mol. The van der Waals surface area contributed by atoms with Crippen LogP contribution in [-0.2, 0) is 14.8 Å². The SMILES string of the molecule is COc1ccc(S(=O)(=O)N2CCC[C@@H]2C(=O)O)cc1Cl. The van der Waals surface area contributed by atoms with Gasteiger partial charge in [0.15, 0.2) is 0 Å². The molecule has 0 radical (unpaired) electrons. The quantitative estimate of drug-likeness (QED) is 0.911. The van der Waals surface area contributed by atoms with Crippen LogP contribution in [0.5, 0.6) is 5.75 Å². The Morgan fingerprint density at radius 1 is 1.50 bits per heavy atom. The van der Waals surface area contributed by atoms with Crippen molar-refractivity contribution in [3.8, 4) is 5.75 Å². The number of carbonyl (C=O) groups is 1. The van der Waals surface area contributed by atoms with Crippen molar-refractivity contribution in [2.45, 2.75) is 23.8 Å². The molecule has 0 amide bonds. The Hall–Kier alpha value is -1.31. The number of rotatable bonds is 4. The highest BCUT2D eigenvalue weighted by Gasteiger charge is 2.39. The molecule has 1 N–H and O–H groups in total. The molecule has 0 bridgehead atoms. The number of sulfonamides is 1. The van der Waals surface area contributed by atoms with Crippen LogP contribution in [0.15, 0.2) is 23.1 Å². The van der Waals surface area contributed by atoms with Crippen LogP contribution >= 0.6 is 11.6 Å². The molecule has 20 heavy (non-hydrogen) atoms. The van der Waals surface area contributed by atoms with Gasteiger partial charge in [-0.15, -0.1) is 0 Å². The fourth-order valence-electron chi connectivity index (χ4n) is 2.22. The number of aliphatic carboxylic acids is 1. The molecule has 0 spiro atoms. The summed E-state index contributed by atoms with van der Waals surface area (Å²) in [4.78, 5) is 11.1. The molecule has 1 atom stereocenters. The first-order valence-corrected chi connectivity index (χ1v) is 7.78. The Morgan fingerprint density at radius 2 is 2.20 bits per heavy atom. The van der Waals surface area contributed by atoms with Crippen molar-refractivity contribution >= 4 is 27.6 Å². The van der Waals surface area contributed by atoms with Gasteiger partial charge in [0, 0.05) is 6.54 Å². The smallest absolute Gasteiger partial charge is 0.322 e. The number of halogens is 1. The second kappa shape index (κ2) is 5.59. The van der Waals surface area contributed by atoms with Crippen LogP contribution in [0.2, 0.25) is 5.02 Å². The van der Waals surface area contributed by atoms with E-state index in [2.05, 4.69) is 0 Å². The number of ether oxygens (including phenoxy) is 1. The first-order chi connectivity index (χ1) is 9.37. The molecule has 2 rings (SSSR count). The van der Waals surface area contributed by atoms with Crippen LogP contribution in [0.3, 0.4) is 0 Å². The average Bonchev–Trinajstić information content (AvgIpc) is 2.88. The van der Waals surface area contributed by atoms with E-state index in [4.69, 9.17) is 21.4 Å². The molecule has 1 aromatic carbocycles. The van der Waals surface area contributed by atoms with Gasteiger partial charge in [-0.05, 0) is 31.0 Å². The summed E-state index contributed by atoms with van der Waals surface area (Å²) in [5.74, 6) is -0.771. The molecule has 0 aromatic heterocycles. The molecule has 0 saturated carbocycles. The third-order valence-electron chi connectivity index (χ3n) is 3.22. The summed E-state index contributed by atoms with van der Waals surface area (Å²) >= 11 is 5.92. The molecule has 1 fully saturated rings. The Morgan fingerprint density at radius 3 is 2.75 bits per heavy atom. The van der Waals surface area contributed by atoms with Crippen LogP contribution in [0.25, 0.3) is 0 Å². The van der Waals surface area contributed by atoms with Crippen molar-refractivity contribution in [1.82, 2.24) is 4.31 Å². The second-order valence-corrected chi connectivity index (χ2v) is 6.71. The first-order valence-electron chi connectivity index (χ1n) is 5.96. The predicted octanol–water partition coefficient (Wildman–Crippen LogP) is 1.59. The summed E-state index contributed by atoms with van der Waals surface area (Å²) in [6.07, 6.45) is 0.846. The van der Waals surface area contributed by atoms with Crippen LogP contribution in [-0.4, -0.2) is 43.5 Å². The Labute approximate surface area is 122 Å². The summed E-state index contributed by atoms with van der Waals surface area (Å²) < 4.78 is 30.9. The summed E-state index contributed by atoms with van der Waals surface area (Å²) in [6.45, 7) is 0.197. The maximum absolute atomic E-state index is 12.5. The van der Waals surface area contributed by atoms with Crippen molar-refractivity contribution in [3.05, 3.63) is 23.2 Å². The third kappa shape index (κ3) is 2.61. The Balaban J connectivity index is 2.40. The number of carboxylic acids is 1. The maximum Gasteiger partial charge on any atom is 0.322 e. The molecule has 6 nitrogen and oxygen atoms in total. The molecule has 8 heteroatoms. The minimum atomic E-state index is -3.87. The molecule has 1 aliphatic rings. The minimum absolute atomic E-state index is 0.0311. The number of benzene rings is 1. The van der Waals surface area contributed by atoms with Crippen molar-refractivity contribution < 1.29 is 23.1 Å². The fourth-order valence-corrected chi connectivity index (χ4v) is 4.22. The third-order valence-corrected chi connectivity index (χ3v) is 5.42. The van der Waals surface area contributed by atoms with Gasteiger partial charge in [-0.1, -0.05) is 11.6 Å². The van der Waals surface area contributed by atoms with E-state index in [1.807, 2.05) is 0 Å². The molecule has 0 aliphatic carbocycles. The highest BCUT2D eigenvalue weighted by molar-refractivity contribution is 7.89. The van der Waals surface area contributed by atoms with Gasteiger partial charge < -0.3 is 9.84 Å². The lowest BCUT2D eigenvalue weighted by molar-refractivity contribution is -0.140. The van der Waals surface area contributed by atoms with Crippen molar-refractivity contribution in [3.63, 3.8) is 0 Å². The van der Waals surface area contributed by atoms with E-state index in [-0.39, 0.29) is 16.5 Å². The van der Waals surface area contributed by atoms with Crippen LogP contribution in [0, 0.1) is 0 Å². The van der Waals surface area contributed by atoms with Gasteiger partial charge in [-0.2, -0.15) is 4.31 Å². The monoisotopic (exact) mass is 319 g/mol. The molecule has 110 valence electrons. The number of nitrogens with zero attached hydrogens (tertiary/aromatic N) is 1. The van der Waals surface area contributed by atoms with Crippen molar-refractivity contribution in [2.75, 3.05) is 13.7 Å². The fraction of sp³-hybridized carbons (Fsp3) is 0.417. The maximum atomic E-state index is 12.5. The molecule has 1 aromatic rings. The van der Waals surface area contributed by atoms with Gasteiger partial charge in [0.05, 0.1) is 17.0 Å². The number of hydrogen-bond acceptors (Lipinski definition) is 4. The van der Waals surface area contributed by atoms with Gasteiger partial charge in [-0.3, -0.25) is 4.79 Å². The summed E-state index contributed by atoms with van der Waals surface area (Å²) in [7, 11) is -2.44. The highest BCUT2D eigenvalue weighted by Crippen LogP contribution is 2.31. The van der Waals surface area contributed by atoms with Gasteiger partial charge in [0.1, 0.15) is 11.8 Å². The van der Waals surface area contributed by atoms with E-state index in [0.717, 1.165) is 4.31 Å². The molecule has 1 heterocycles. The summed E-state index contributed by atoms with van der Waals surface area (Å²) in [5.41, 5.74) is 0. The Bertz CT molecular complexity index is 631.